The second kappa shape index (κ2) is 23.0. The number of hydrogen-bond donors (Lipinski definition) is 1. The Morgan fingerprint density at radius 3 is 0.481 bits per heavy atom. The molecule has 0 aromatic heterocycles. The van der Waals surface area contributed by atoms with E-state index in [-0.39, 0.29) is 0 Å². The number of halogens is 39. The molecule has 2 N–H and O–H groups in total. The minimum absolute atomic E-state index is 0.456. The summed E-state index contributed by atoms with van der Waals surface area (Å²) in [5, 5.41) is 6.28. The molecule has 0 aliphatic rings. The standard InChI is InChI=1S/C36H38F39NSi/c37-19(38,22(43,44)25(49,50)28(55,56)31(61,62)34(67,68)69)13-7-1-4-10-16-77(76,17-11-5-2-8-14-20(39,40)23(45,46)26(51,52)29(57,58)32(63,64)35(70,71)72)18-12-6-3-9-15-21(41,42)24(47,48)27(53,54)30(59,60)33(65,66)36(73,74)75/h1-18,76H2. The largest absolute Gasteiger partial charge is 0.460 e. The van der Waals surface area contributed by atoms with Crippen LogP contribution in [0.5, 0.6) is 0 Å². The molecule has 0 radical (unpaired) electrons. The van der Waals surface area contributed by atoms with Crippen LogP contribution < -0.4 is 5.40 Å². The van der Waals surface area contributed by atoms with Crippen molar-refractivity contribution in [2.75, 3.05) is 0 Å². The summed E-state index contributed by atoms with van der Waals surface area (Å²) in [4.78, 5) is 0. The summed E-state index contributed by atoms with van der Waals surface area (Å²) in [6, 6.07) is -1.37. The molecule has 0 aromatic carbocycles. The number of hydrogen-bond acceptors (Lipinski definition) is 1. The predicted octanol–water partition coefficient (Wildman–Crippen LogP) is 19.0. The molecule has 0 saturated carbocycles. The molecule has 0 spiro atoms. The molecule has 0 aliphatic carbocycles. The Morgan fingerprint density at radius 1 is 0.182 bits per heavy atom. The van der Waals surface area contributed by atoms with Gasteiger partial charge in [-0.15, -0.1) is 0 Å². The third-order valence-corrected chi connectivity index (χ3v) is 15.8. The topological polar surface area (TPSA) is 26.0 Å². The van der Waals surface area contributed by atoms with Crippen molar-refractivity contribution in [3.8, 4) is 0 Å². The van der Waals surface area contributed by atoms with Gasteiger partial charge in [0.2, 0.25) is 0 Å². The average Bonchev–Trinajstić information content (AvgIpc) is 3.22. The van der Waals surface area contributed by atoms with Crippen molar-refractivity contribution in [1.29, 1.82) is 0 Å². The van der Waals surface area contributed by atoms with Crippen LogP contribution in [0, 0.1) is 0 Å². The van der Waals surface area contributed by atoms with E-state index in [4.69, 9.17) is 5.40 Å². The fraction of sp³-hybridized carbons (Fsp3) is 1.00. The second-order valence-corrected chi connectivity index (χ2v) is 21.8. The van der Waals surface area contributed by atoms with E-state index in [0.717, 1.165) is 0 Å². The fourth-order valence-corrected chi connectivity index (χ4v) is 10.4. The first-order valence-electron chi connectivity index (χ1n) is 21.0. The van der Waals surface area contributed by atoms with Crippen molar-refractivity contribution in [2.24, 2.45) is 5.40 Å². The van der Waals surface area contributed by atoms with Crippen molar-refractivity contribution in [3.05, 3.63) is 0 Å². The normalized spacial score (nSPS) is 16.2. The summed E-state index contributed by atoms with van der Waals surface area (Å²) in [5.74, 6) is -116. The summed E-state index contributed by atoms with van der Waals surface area (Å²) in [6.07, 6.45) is -41.4. The van der Waals surface area contributed by atoms with E-state index >= 15 is 0 Å². The molecule has 1 nitrogen and oxygen atoms in total. The minimum Gasteiger partial charge on any atom is -0.351 e. The lowest BCUT2D eigenvalue weighted by molar-refractivity contribution is -0.440. The molecule has 0 heterocycles. The van der Waals surface area contributed by atoms with Crippen LogP contribution in [-0.4, -0.2) is 116 Å². The Hall–Kier alpha value is -2.55. The van der Waals surface area contributed by atoms with Gasteiger partial charge in [-0.3, -0.25) is 0 Å². The zero-order chi connectivity index (χ0) is 62.2. The van der Waals surface area contributed by atoms with E-state index in [1.165, 1.54) is 0 Å². The van der Waals surface area contributed by atoms with Crippen LogP contribution in [-0.2, 0) is 0 Å². The highest BCUT2D eigenvalue weighted by atomic mass is 28.3. The Labute approximate surface area is 407 Å². The van der Waals surface area contributed by atoms with Crippen LogP contribution in [0.25, 0.3) is 0 Å². The van der Waals surface area contributed by atoms with Gasteiger partial charge >= 0.3 is 107 Å². The first-order valence-corrected chi connectivity index (χ1v) is 23.7. The molecule has 0 saturated heterocycles. The highest BCUT2D eigenvalue weighted by Crippen LogP contribution is 2.64. The van der Waals surface area contributed by atoms with Gasteiger partial charge in [0.15, 0.2) is 0 Å². The average molecular weight is 1250 g/mol. The van der Waals surface area contributed by atoms with Crippen molar-refractivity contribution in [3.63, 3.8) is 0 Å². The van der Waals surface area contributed by atoms with E-state index in [2.05, 4.69) is 0 Å². The van der Waals surface area contributed by atoms with Gasteiger partial charge in [-0.1, -0.05) is 57.8 Å². The molecule has 77 heavy (non-hydrogen) atoms. The first kappa shape index (κ1) is 74.4. The Kier molecular flexibility index (Phi) is 22.2. The molecule has 0 fully saturated rings. The fourth-order valence-electron chi connectivity index (χ4n) is 6.78. The first-order chi connectivity index (χ1) is 33.4. The van der Waals surface area contributed by atoms with Crippen LogP contribution in [0.2, 0.25) is 18.1 Å². The molecule has 0 rings (SSSR count). The lowest BCUT2D eigenvalue weighted by Crippen LogP contribution is -2.70. The molecule has 0 unspecified atom stereocenters. The molecular formula is C36H38F39NSi. The zero-order valence-corrected chi connectivity index (χ0v) is 38.5. The maximum absolute atomic E-state index is 14.2. The predicted molar refractivity (Wildman–Crippen MR) is 186 cm³/mol. The maximum atomic E-state index is 14.2. The lowest BCUT2D eigenvalue weighted by Gasteiger charge is -2.39. The summed E-state index contributed by atoms with van der Waals surface area (Å²) in [5.41, 5.74) is 0. The molecule has 0 aromatic rings. The highest BCUT2D eigenvalue weighted by molar-refractivity contribution is 6.76. The summed E-state index contributed by atoms with van der Waals surface area (Å²) >= 11 is 0. The SMILES string of the molecule is N[Si](CCCCCCC(F)(F)C(F)(F)C(F)(F)C(F)(F)C(F)(F)C(F)(F)F)(CCCCCCC(F)(F)C(F)(F)C(F)(F)C(F)(F)C(F)(F)C(F)(F)F)CCCCCCC(F)(F)C(F)(F)C(F)(F)C(F)(F)C(F)(F)C(F)(F)F. The van der Waals surface area contributed by atoms with Crippen LogP contribution in [0.4, 0.5) is 171 Å². The van der Waals surface area contributed by atoms with E-state index in [9.17, 15) is 171 Å². The smallest absolute Gasteiger partial charge is 0.351 e. The van der Waals surface area contributed by atoms with Gasteiger partial charge in [-0.2, -0.15) is 171 Å². The number of rotatable bonds is 33. The van der Waals surface area contributed by atoms with Gasteiger partial charge in [0.1, 0.15) is 8.24 Å². The number of unbranched alkanes of at least 4 members (excludes halogenated alkanes) is 9. The van der Waals surface area contributed by atoms with Gasteiger partial charge in [0, 0.05) is 19.3 Å². The Bertz CT molecular complexity index is 1650. The summed E-state index contributed by atoms with van der Waals surface area (Å²) in [7, 11) is -3.71. The Balaban J connectivity index is 6.17. The molecule has 0 atom stereocenters. The van der Waals surface area contributed by atoms with Gasteiger partial charge < -0.3 is 5.40 Å². The van der Waals surface area contributed by atoms with Crippen molar-refractivity contribution in [1.82, 2.24) is 0 Å². The van der Waals surface area contributed by atoms with E-state index < -0.39 is 230 Å². The van der Waals surface area contributed by atoms with Crippen LogP contribution in [0.3, 0.4) is 0 Å². The lowest BCUT2D eigenvalue weighted by atomic mass is 9.91. The Morgan fingerprint density at radius 2 is 0.325 bits per heavy atom. The molecular weight excluding hydrogens is 1220 g/mol. The van der Waals surface area contributed by atoms with Gasteiger partial charge in [0.25, 0.3) is 0 Å². The van der Waals surface area contributed by atoms with Gasteiger partial charge in [-0.25, -0.2) is 0 Å². The zero-order valence-electron chi connectivity index (χ0n) is 37.5. The van der Waals surface area contributed by atoms with Gasteiger partial charge in [-0.05, 0) is 37.4 Å². The third-order valence-electron chi connectivity index (χ3n) is 11.7. The van der Waals surface area contributed by atoms with E-state index in [1.807, 2.05) is 0 Å². The molecule has 41 heteroatoms. The minimum atomic E-state index is -8.22. The highest BCUT2D eigenvalue weighted by Gasteiger charge is 2.93. The van der Waals surface area contributed by atoms with Crippen molar-refractivity contribution < 1.29 is 171 Å². The molecule has 0 bridgehead atoms. The quantitative estimate of drug-likeness (QED) is 0.0396. The van der Waals surface area contributed by atoms with E-state index in [1.54, 1.807) is 0 Å². The van der Waals surface area contributed by atoms with Gasteiger partial charge in [0.05, 0.1) is 0 Å². The third kappa shape index (κ3) is 13.7. The second-order valence-electron chi connectivity index (χ2n) is 17.6. The molecule has 0 amide bonds. The molecule has 464 valence electrons. The van der Waals surface area contributed by atoms with Crippen LogP contribution >= 0.6 is 0 Å². The summed E-state index contributed by atoms with van der Waals surface area (Å²) < 4.78 is 522. The van der Waals surface area contributed by atoms with Crippen LogP contribution in [0.15, 0.2) is 0 Å². The van der Waals surface area contributed by atoms with Crippen molar-refractivity contribution in [2.45, 2.75) is 222 Å². The summed E-state index contributed by atoms with van der Waals surface area (Å²) in [6.45, 7) is 0. The number of nitrogens with two attached hydrogens (primary N) is 1. The van der Waals surface area contributed by atoms with Crippen molar-refractivity contribution >= 4 is 8.24 Å². The molecule has 0 aliphatic heterocycles. The van der Waals surface area contributed by atoms with Crippen LogP contribution in [0.1, 0.15) is 96.3 Å². The van der Waals surface area contributed by atoms with E-state index in [0.29, 0.717) is 0 Å². The number of alkyl halides is 39. The monoisotopic (exact) mass is 1250 g/mol. The maximum Gasteiger partial charge on any atom is 0.460 e.